The van der Waals surface area contributed by atoms with Crippen LogP contribution in [-0.2, 0) is 9.47 Å². The molecular weight excluding hydrogens is 254 g/mol. The maximum absolute atomic E-state index is 6.05. The Balaban J connectivity index is 2.59. The molecule has 2 unspecified atom stereocenters. The fourth-order valence-electron chi connectivity index (χ4n) is 2.92. The first-order valence-corrected chi connectivity index (χ1v) is 7.75. The van der Waals surface area contributed by atoms with Gasteiger partial charge >= 0.3 is 0 Å². The van der Waals surface area contributed by atoms with E-state index in [1.165, 1.54) is 6.42 Å². The van der Waals surface area contributed by atoms with Crippen LogP contribution in [0.5, 0.6) is 0 Å². The molecule has 0 bridgehead atoms. The lowest BCUT2D eigenvalue weighted by atomic mass is 9.93. The van der Waals surface area contributed by atoms with E-state index in [9.17, 15) is 0 Å². The number of nitrogens with zero attached hydrogens (tertiary/aromatic N) is 2. The number of ether oxygens (including phenoxy) is 2. The van der Waals surface area contributed by atoms with E-state index in [-0.39, 0.29) is 11.8 Å². The first-order chi connectivity index (χ1) is 9.50. The molecule has 0 aromatic heterocycles. The van der Waals surface area contributed by atoms with Crippen molar-refractivity contribution in [2.45, 2.75) is 51.5 Å². The zero-order valence-corrected chi connectivity index (χ0v) is 13.9. The predicted octanol–water partition coefficient (Wildman–Crippen LogP) is 1.13. The summed E-state index contributed by atoms with van der Waals surface area (Å²) in [6.07, 6.45) is 1.83. The maximum atomic E-state index is 6.05. The zero-order chi connectivity index (χ0) is 15.2. The molecule has 1 aliphatic rings. The Labute approximate surface area is 124 Å². The summed E-state index contributed by atoms with van der Waals surface area (Å²) in [4.78, 5) is 5.06. The van der Waals surface area contributed by atoms with Crippen molar-refractivity contribution in [1.29, 1.82) is 0 Å². The number of rotatable bonds is 8. The summed E-state index contributed by atoms with van der Waals surface area (Å²) < 4.78 is 10.7. The Morgan fingerprint density at radius 1 is 1.15 bits per heavy atom. The lowest BCUT2D eigenvalue weighted by Gasteiger charge is -2.47. The molecule has 1 heterocycles. The topological polar surface area (TPSA) is 51.0 Å². The minimum absolute atomic E-state index is 0.0573. The molecule has 1 aliphatic heterocycles. The monoisotopic (exact) mass is 287 g/mol. The number of nitrogens with two attached hydrogens (primary N) is 1. The third-order valence-corrected chi connectivity index (χ3v) is 4.86. The summed E-state index contributed by atoms with van der Waals surface area (Å²) in [5.41, 5.74) is 5.99. The van der Waals surface area contributed by atoms with Gasteiger partial charge in [-0.15, -0.1) is 0 Å². The molecule has 0 amide bonds. The van der Waals surface area contributed by atoms with Crippen molar-refractivity contribution >= 4 is 0 Å². The molecule has 0 radical (unpaired) electrons. The summed E-state index contributed by atoms with van der Waals surface area (Å²) in [6, 6.07) is 0.673. The average Bonchev–Trinajstić information content (AvgIpc) is 2.51. The van der Waals surface area contributed by atoms with Crippen LogP contribution in [0.3, 0.4) is 0 Å². The van der Waals surface area contributed by atoms with Gasteiger partial charge in [-0.3, -0.25) is 9.80 Å². The number of piperazine rings is 1. The van der Waals surface area contributed by atoms with Gasteiger partial charge < -0.3 is 15.2 Å². The first kappa shape index (κ1) is 17.9. The Morgan fingerprint density at radius 2 is 1.70 bits per heavy atom. The molecule has 1 rings (SSSR count). The van der Waals surface area contributed by atoms with Gasteiger partial charge in [0.25, 0.3) is 0 Å². The zero-order valence-electron chi connectivity index (χ0n) is 13.9. The summed E-state index contributed by atoms with van der Waals surface area (Å²) in [5.74, 6) is 0. The highest BCUT2D eigenvalue weighted by Crippen LogP contribution is 2.24. The highest BCUT2D eigenvalue weighted by molar-refractivity contribution is 4.91. The van der Waals surface area contributed by atoms with Crippen molar-refractivity contribution in [3.05, 3.63) is 0 Å². The smallest absolute Gasteiger partial charge is 0.158 e. The summed E-state index contributed by atoms with van der Waals surface area (Å²) in [7, 11) is 3.37. The van der Waals surface area contributed by atoms with Crippen molar-refractivity contribution in [3.63, 3.8) is 0 Å². The van der Waals surface area contributed by atoms with Crippen LogP contribution >= 0.6 is 0 Å². The molecular formula is C15H33N3O2. The second kappa shape index (κ2) is 8.29. The molecule has 0 saturated carbocycles. The van der Waals surface area contributed by atoms with Gasteiger partial charge in [0.05, 0.1) is 0 Å². The van der Waals surface area contributed by atoms with Gasteiger partial charge in [0.15, 0.2) is 6.29 Å². The minimum Gasteiger partial charge on any atom is -0.356 e. The van der Waals surface area contributed by atoms with E-state index < -0.39 is 0 Å². The predicted molar refractivity (Wildman–Crippen MR) is 82.8 cm³/mol. The molecule has 5 nitrogen and oxygen atoms in total. The normalized spacial score (nSPS) is 22.9. The third kappa shape index (κ3) is 4.40. The van der Waals surface area contributed by atoms with Gasteiger partial charge in [-0.2, -0.15) is 0 Å². The summed E-state index contributed by atoms with van der Waals surface area (Å²) >= 11 is 0. The SMILES string of the molecule is CCC(C)N1CCN(C(C)(CN)CC(OC)OC)CC1. The van der Waals surface area contributed by atoms with E-state index in [1.807, 2.05) is 0 Å². The van der Waals surface area contributed by atoms with E-state index in [0.717, 1.165) is 32.6 Å². The van der Waals surface area contributed by atoms with Crippen LogP contribution in [0.25, 0.3) is 0 Å². The molecule has 0 spiro atoms. The van der Waals surface area contributed by atoms with Crippen molar-refractivity contribution in [1.82, 2.24) is 9.80 Å². The Kier molecular flexibility index (Phi) is 7.40. The Hall–Kier alpha value is -0.200. The van der Waals surface area contributed by atoms with Crippen LogP contribution < -0.4 is 5.73 Å². The molecule has 0 aliphatic carbocycles. The van der Waals surface area contributed by atoms with Crippen LogP contribution in [0.1, 0.15) is 33.6 Å². The molecule has 1 saturated heterocycles. The van der Waals surface area contributed by atoms with Crippen LogP contribution in [0.4, 0.5) is 0 Å². The van der Waals surface area contributed by atoms with Crippen LogP contribution in [0.2, 0.25) is 0 Å². The third-order valence-electron chi connectivity index (χ3n) is 4.86. The van der Waals surface area contributed by atoms with Gasteiger partial charge in [0, 0.05) is 64.9 Å². The fourth-order valence-corrected chi connectivity index (χ4v) is 2.92. The van der Waals surface area contributed by atoms with Crippen molar-refractivity contribution in [3.8, 4) is 0 Å². The maximum Gasteiger partial charge on any atom is 0.158 e. The van der Waals surface area contributed by atoms with Crippen molar-refractivity contribution < 1.29 is 9.47 Å². The summed E-state index contributed by atoms with van der Waals surface area (Å²) in [5, 5.41) is 0. The molecule has 0 aromatic rings. The molecule has 20 heavy (non-hydrogen) atoms. The molecule has 2 N–H and O–H groups in total. The molecule has 0 aromatic carbocycles. The number of methoxy groups -OCH3 is 2. The number of hydrogen-bond acceptors (Lipinski definition) is 5. The lowest BCUT2D eigenvalue weighted by Crippen LogP contribution is -2.60. The van der Waals surface area contributed by atoms with Gasteiger partial charge in [-0.25, -0.2) is 0 Å². The van der Waals surface area contributed by atoms with Gasteiger partial charge in [0.2, 0.25) is 0 Å². The first-order valence-electron chi connectivity index (χ1n) is 7.75. The van der Waals surface area contributed by atoms with E-state index >= 15 is 0 Å². The summed E-state index contributed by atoms with van der Waals surface area (Å²) in [6.45, 7) is 11.8. The number of hydrogen-bond donors (Lipinski definition) is 1. The molecule has 1 fully saturated rings. The molecule has 5 heteroatoms. The van der Waals surface area contributed by atoms with Crippen molar-refractivity contribution in [2.24, 2.45) is 5.73 Å². The lowest BCUT2D eigenvalue weighted by molar-refractivity contribution is -0.131. The highest BCUT2D eigenvalue weighted by Gasteiger charge is 2.35. The van der Waals surface area contributed by atoms with Crippen molar-refractivity contribution in [2.75, 3.05) is 46.9 Å². The fraction of sp³-hybridized carbons (Fsp3) is 1.00. The second-order valence-electron chi connectivity index (χ2n) is 6.09. The van der Waals surface area contributed by atoms with E-state index in [1.54, 1.807) is 14.2 Å². The average molecular weight is 287 g/mol. The highest BCUT2D eigenvalue weighted by atomic mass is 16.7. The van der Waals surface area contributed by atoms with E-state index in [2.05, 4.69) is 30.6 Å². The quantitative estimate of drug-likeness (QED) is 0.678. The Morgan fingerprint density at radius 3 is 2.10 bits per heavy atom. The molecule has 2 atom stereocenters. The molecule has 120 valence electrons. The second-order valence-corrected chi connectivity index (χ2v) is 6.09. The van der Waals surface area contributed by atoms with E-state index in [0.29, 0.717) is 12.6 Å². The van der Waals surface area contributed by atoms with Crippen LogP contribution in [-0.4, -0.2) is 74.6 Å². The van der Waals surface area contributed by atoms with Gasteiger partial charge in [-0.05, 0) is 20.3 Å². The minimum atomic E-state index is -0.184. The van der Waals surface area contributed by atoms with Gasteiger partial charge in [0.1, 0.15) is 0 Å². The van der Waals surface area contributed by atoms with Crippen LogP contribution in [0.15, 0.2) is 0 Å². The van der Waals surface area contributed by atoms with Gasteiger partial charge in [-0.1, -0.05) is 6.92 Å². The van der Waals surface area contributed by atoms with Crippen LogP contribution in [0, 0.1) is 0 Å². The van der Waals surface area contributed by atoms with E-state index in [4.69, 9.17) is 15.2 Å². The standard InChI is InChI=1S/C15H33N3O2/c1-6-13(2)17-7-9-18(10-8-17)15(3,12-16)11-14(19-4)20-5/h13-14H,6-12,16H2,1-5H3. The Bertz CT molecular complexity index is 266. The largest absolute Gasteiger partial charge is 0.356 e.